The summed E-state index contributed by atoms with van der Waals surface area (Å²) >= 11 is 0. The molecule has 29 heavy (non-hydrogen) atoms. The van der Waals surface area contributed by atoms with Gasteiger partial charge in [-0.25, -0.2) is 14.8 Å². The zero-order valence-electron chi connectivity index (χ0n) is 16.4. The van der Waals surface area contributed by atoms with Crippen molar-refractivity contribution in [3.8, 4) is 6.07 Å². The van der Waals surface area contributed by atoms with E-state index in [0.717, 1.165) is 0 Å². The number of anilines is 2. The van der Waals surface area contributed by atoms with Gasteiger partial charge in [-0.2, -0.15) is 5.26 Å². The molecule has 0 unspecified atom stereocenters. The molecule has 9 heteroatoms. The van der Waals surface area contributed by atoms with Gasteiger partial charge < -0.3 is 19.9 Å². The summed E-state index contributed by atoms with van der Waals surface area (Å²) in [7, 11) is 0. The highest BCUT2D eigenvalue weighted by Gasteiger charge is 2.24. The largest absolute Gasteiger partial charge is 0.450 e. The second kappa shape index (κ2) is 9.01. The van der Waals surface area contributed by atoms with Crippen LogP contribution in [0.15, 0.2) is 30.3 Å². The molecule has 0 aliphatic carbocycles. The Morgan fingerprint density at radius 1 is 1.21 bits per heavy atom. The highest BCUT2D eigenvalue weighted by Crippen LogP contribution is 2.16. The molecule has 0 spiro atoms. The summed E-state index contributed by atoms with van der Waals surface area (Å²) in [4.78, 5) is 36.9. The highest BCUT2D eigenvalue weighted by atomic mass is 16.6. The fraction of sp³-hybridized carbons (Fsp3) is 0.350. The molecule has 0 saturated carbocycles. The van der Waals surface area contributed by atoms with Crippen molar-refractivity contribution < 1.29 is 14.3 Å². The van der Waals surface area contributed by atoms with Gasteiger partial charge in [-0.3, -0.25) is 4.79 Å². The predicted molar refractivity (Wildman–Crippen MR) is 107 cm³/mol. The first-order chi connectivity index (χ1) is 14.0. The summed E-state index contributed by atoms with van der Waals surface area (Å²) in [6.45, 7) is 6.01. The standard InChI is InChI=1S/C20H22N6O3/c1-3-29-20(28)26-9-7-25(8-10-26)19-22-14(2)11-17(24-19)18(27)23-16-6-4-5-15(12-16)13-21/h4-6,11-12H,3,7-10H2,1-2H3,(H,23,27). The Kier molecular flexibility index (Phi) is 6.24. The van der Waals surface area contributed by atoms with Crippen molar-refractivity contribution in [2.45, 2.75) is 13.8 Å². The van der Waals surface area contributed by atoms with Crippen molar-refractivity contribution in [3.05, 3.63) is 47.3 Å². The van der Waals surface area contributed by atoms with E-state index in [1.807, 2.05) is 11.0 Å². The Morgan fingerprint density at radius 2 is 1.97 bits per heavy atom. The van der Waals surface area contributed by atoms with E-state index in [1.54, 1.807) is 49.1 Å². The quantitative estimate of drug-likeness (QED) is 0.846. The summed E-state index contributed by atoms with van der Waals surface area (Å²) < 4.78 is 5.03. The van der Waals surface area contributed by atoms with Gasteiger partial charge in [-0.15, -0.1) is 0 Å². The minimum absolute atomic E-state index is 0.239. The van der Waals surface area contributed by atoms with Gasteiger partial charge in [0.1, 0.15) is 5.69 Å². The fourth-order valence-corrected chi connectivity index (χ4v) is 2.98. The van der Waals surface area contributed by atoms with E-state index in [-0.39, 0.29) is 17.7 Å². The first kappa shape index (κ1) is 20.1. The Morgan fingerprint density at radius 3 is 2.66 bits per heavy atom. The molecule has 2 aromatic rings. The number of aromatic nitrogens is 2. The number of benzene rings is 1. The van der Waals surface area contributed by atoms with E-state index in [2.05, 4.69) is 15.3 Å². The van der Waals surface area contributed by atoms with E-state index in [0.29, 0.717) is 55.7 Å². The molecule has 2 heterocycles. The minimum Gasteiger partial charge on any atom is -0.450 e. The molecular weight excluding hydrogens is 372 g/mol. The van der Waals surface area contributed by atoms with Crippen molar-refractivity contribution >= 4 is 23.6 Å². The summed E-state index contributed by atoms with van der Waals surface area (Å²) in [5.74, 6) is 0.0708. The van der Waals surface area contributed by atoms with Crippen LogP contribution >= 0.6 is 0 Å². The number of carbonyl (C=O) groups excluding carboxylic acids is 2. The summed E-state index contributed by atoms with van der Waals surface area (Å²) in [6, 6.07) is 10.3. The third kappa shape index (κ3) is 4.99. The van der Waals surface area contributed by atoms with Gasteiger partial charge >= 0.3 is 6.09 Å². The lowest BCUT2D eigenvalue weighted by Gasteiger charge is -2.34. The second-order valence-electron chi connectivity index (χ2n) is 6.51. The number of piperazine rings is 1. The monoisotopic (exact) mass is 394 g/mol. The van der Waals surface area contributed by atoms with E-state index < -0.39 is 0 Å². The number of nitrogens with zero attached hydrogens (tertiary/aromatic N) is 5. The molecular formula is C20H22N6O3. The first-order valence-corrected chi connectivity index (χ1v) is 9.34. The number of aryl methyl sites for hydroxylation is 1. The molecule has 1 N–H and O–H groups in total. The average molecular weight is 394 g/mol. The second-order valence-corrected chi connectivity index (χ2v) is 6.51. The van der Waals surface area contributed by atoms with Gasteiger partial charge in [0.05, 0.1) is 18.2 Å². The number of rotatable bonds is 4. The Balaban J connectivity index is 1.71. The topological polar surface area (TPSA) is 111 Å². The SMILES string of the molecule is CCOC(=O)N1CCN(c2nc(C)cc(C(=O)Nc3cccc(C#N)c3)n2)CC1. The maximum Gasteiger partial charge on any atom is 0.409 e. The minimum atomic E-state index is -0.378. The van der Waals surface area contributed by atoms with Crippen LogP contribution in [0.25, 0.3) is 0 Å². The van der Waals surface area contributed by atoms with Crippen molar-refractivity contribution in [1.29, 1.82) is 5.26 Å². The maximum atomic E-state index is 12.6. The van der Waals surface area contributed by atoms with Crippen LogP contribution in [-0.4, -0.2) is 59.7 Å². The molecule has 0 atom stereocenters. The number of hydrogen-bond acceptors (Lipinski definition) is 7. The zero-order valence-corrected chi connectivity index (χ0v) is 16.4. The molecule has 1 aromatic carbocycles. The molecule has 1 fully saturated rings. The van der Waals surface area contributed by atoms with Gasteiger partial charge in [0, 0.05) is 37.6 Å². The molecule has 1 aromatic heterocycles. The van der Waals surface area contributed by atoms with Crippen LogP contribution in [0.4, 0.5) is 16.4 Å². The highest BCUT2D eigenvalue weighted by molar-refractivity contribution is 6.03. The van der Waals surface area contributed by atoms with Gasteiger partial charge in [0.25, 0.3) is 5.91 Å². The van der Waals surface area contributed by atoms with Crippen molar-refractivity contribution in [2.75, 3.05) is 43.0 Å². The normalized spacial score (nSPS) is 13.6. The number of nitrogens with one attached hydrogen (secondary N) is 1. The third-order valence-corrected chi connectivity index (χ3v) is 4.41. The molecule has 9 nitrogen and oxygen atoms in total. The Hall–Kier alpha value is -3.67. The molecule has 2 amide bonds. The molecule has 150 valence electrons. The van der Waals surface area contributed by atoms with Gasteiger partial charge in [-0.1, -0.05) is 6.07 Å². The van der Waals surface area contributed by atoms with E-state index in [9.17, 15) is 9.59 Å². The third-order valence-electron chi connectivity index (χ3n) is 4.41. The number of nitriles is 1. The van der Waals surface area contributed by atoms with E-state index in [1.165, 1.54) is 0 Å². The smallest absolute Gasteiger partial charge is 0.409 e. The maximum absolute atomic E-state index is 12.6. The lowest BCUT2D eigenvalue weighted by Crippen LogP contribution is -2.49. The van der Waals surface area contributed by atoms with Crippen molar-refractivity contribution in [1.82, 2.24) is 14.9 Å². The molecule has 1 saturated heterocycles. The molecule has 0 bridgehead atoms. The van der Waals surface area contributed by atoms with Crippen LogP contribution in [0, 0.1) is 18.3 Å². The van der Waals surface area contributed by atoms with Crippen molar-refractivity contribution in [3.63, 3.8) is 0 Å². The van der Waals surface area contributed by atoms with Crippen LogP contribution < -0.4 is 10.2 Å². The van der Waals surface area contributed by atoms with Crippen LogP contribution in [0.5, 0.6) is 0 Å². The number of ether oxygens (including phenoxy) is 1. The Labute approximate surface area is 168 Å². The lowest BCUT2D eigenvalue weighted by atomic mass is 10.2. The average Bonchev–Trinajstić information content (AvgIpc) is 2.73. The van der Waals surface area contributed by atoms with Crippen LogP contribution in [0.2, 0.25) is 0 Å². The summed E-state index contributed by atoms with van der Waals surface area (Å²) in [5.41, 5.74) is 1.89. The van der Waals surface area contributed by atoms with Crippen LogP contribution in [0.3, 0.4) is 0 Å². The number of carbonyl (C=O) groups is 2. The van der Waals surface area contributed by atoms with Crippen molar-refractivity contribution in [2.24, 2.45) is 0 Å². The van der Waals surface area contributed by atoms with E-state index in [4.69, 9.17) is 10.00 Å². The number of hydrogen-bond donors (Lipinski definition) is 1. The summed E-state index contributed by atoms with van der Waals surface area (Å²) in [5, 5.41) is 11.7. The first-order valence-electron chi connectivity index (χ1n) is 9.34. The molecule has 1 aliphatic rings. The Bertz CT molecular complexity index is 947. The molecule has 3 rings (SSSR count). The zero-order chi connectivity index (χ0) is 20.8. The van der Waals surface area contributed by atoms with Gasteiger partial charge in [0.2, 0.25) is 5.95 Å². The number of amides is 2. The molecule has 1 aliphatic heterocycles. The van der Waals surface area contributed by atoms with Gasteiger partial charge in [0.15, 0.2) is 0 Å². The summed E-state index contributed by atoms with van der Waals surface area (Å²) in [6.07, 6.45) is -0.322. The van der Waals surface area contributed by atoms with Gasteiger partial charge in [-0.05, 0) is 38.1 Å². The predicted octanol–water partition coefficient (Wildman–Crippen LogP) is 2.19. The lowest BCUT2D eigenvalue weighted by molar-refractivity contribution is 0.102. The molecule has 0 radical (unpaired) electrons. The van der Waals surface area contributed by atoms with Crippen LogP contribution in [0.1, 0.15) is 28.7 Å². The van der Waals surface area contributed by atoms with Crippen LogP contribution in [-0.2, 0) is 4.74 Å². The van der Waals surface area contributed by atoms with E-state index >= 15 is 0 Å². The fourth-order valence-electron chi connectivity index (χ4n) is 2.98.